The Hall–Kier alpha value is -1.58. The number of rotatable bonds is 3. The molecule has 0 fully saturated rings. The lowest BCUT2D eigenvalue weighted by molar-refractivity contribution is -0.116. The summed E-state index contributed by atoms with van der Waals surface area (Å²) in [7, 11) is 0. The summed E-state index contributed by atoms with van der Waals surface area (Å²) in [5, 5.41) is 9.70. The van der Waals surface area contributed by atoms with E-state index in [1.165, 1.54) is 6.08 Å². The molecule has 0 unspecified atom stereocenters. The van der Waals surface area contributed by atoms with Crippen molar-refractivity contribution in [2.24, 2.45) is 0 Å². The molecular weight excluding hydrogens is 178 g/mol. The molecule has 4 nitrogen and oxygen atoms in total. The minimum Gasteiger partial charge on any atom is -0.348 e. The van der Waals surface area contributed by atoms with Crippen molar-refractivity contribution in [3.8, 4) is 0 Å². The lowest BCUT2D eigenvalue weighted by Crippen LogP contribution is -2.20. The van der Waals surface area contributed by atoms with Gasteiger partial charge >= 0.3 is 0 Å². The van der Waals surface area contributed by atoms with Gasteiger partial charge < -0.3 is 5.32 Å². The quantitative estimate of drug-likeness (QED) is 0.709. The van der Waals surface area contributed by atoms with Gasteiger partial charge in [0.2, 0.25) is 5.91 Å². The Morgan fingerprint density at radius 3 is 2.79 bits per heavy atom. The lowest BCUT2D eigenvalue weighted by Gasteiger charge is -2.01. The summed E-state index contributed by atoms with van der Waals surface area (Å²) < 4.78 is 0. The van der Waals surface area contributed by atoms with Crippen molar-refractivity contribution in [3.63, 3.8) is 0 Å². The zero-order valence-electron chi connectivity index (χ0n) is 8.72. The van der Waals surface area contributed by atoms with Crippen molar-refractivity contribution < 1.29 is 4.79 Å². The zero-order valence-corrected chi connectivity index (χ0v) is 8.72. The molecule has 0 bridgehead atoms. The second-order valence-corrected chi connectivity index (χ2v) is 3.13. The number of aromatic amines is 1. The molecule has 1 heterocycles. The van der Waals surface area contributed by atoms with Crippen LogP contribution in [0.3, 0.4) is 0 Å². The summed E-state index contributed by atoms with van der Waals surface area (Å²) in [5.41, 5.74) is 2.99. The third kappa shape index (κ3) is 2.45. The van der Waals surface area contributed by atoms with Crippen LogP contribution < -0.4 is 5.32 Å². The summed E-state index contributed by atoms with van der Waals surface area (Å²) >= 11 is 0. The number of aromatic nitrogens is 2. The van der Waals surface area contributed by atoms with Crippen LogP contribution in [0.25, 0.3) is 0 Å². The molecule has 0 atom stereocenters. The van der Waals surface area contributed by atoms with Crippen molar-refractivity contribution in [1.29, 1.82) is 0 Å². The maximum atomic E-state index is 11.1. The maximum absolute atomic E-state index is 11.1. The van der Waals surface area contributed by atoms with Crippen LogP contribution in [0.1, 0.15) is 23.9 Å². The number of H-pyrrole nitrogens is 1. The highest BCUT2D eigenvalue weighted by Gasteiger charge is 2.06. The Morgan fingerprint density at radius 2 is 2.29 bits per heavy atom. The SMILES string of the molecule is C/C=C/C(=O)NCc1c(C)n[nH]c1C. The van der Waals surface area contributed by atoms with Crippen LogP contribution in [0.2, 0.25) is 0 Å². The Morgan fingerprint density at radius 1 is 1.57 bits per heavy atom. The predicted molar refractivity (Wildman–Crippen MR) is 54.7 cm³/mol. The molecule has 14 heavy (non-hydrogen) atoms. The van der Waals surface area contributed by atoms with E-state index in [1.807, 2.05) is 20.8 Å². The van der Waals surface area contributed by atoms with Crippen molar-refractivity contribution in [2.75, 3.05) is 0 Å². The number of allylic oxidation sites excluding steroid dienone is 1. The minimum atomic E-state index is -0.0764. The number of hydrogen-bond donors (Lipinski definition) is 2. The third-order valence-corrected chi connectivity index (χ3v) is 2.04. The molecule has 0 aliphatic carbocycles. The van der Waals surface area contributed by atoms with Crippen molar-refractivity contribution in [1.82, 2.24) is 15.5 Å². The molecule has 0 aromatic carbocycles. The van der Waals surface area contributed by atoms with Gasteiger partial charge in [-0.2, -0.15) is 5.10 Å². The average Bonchev–Trinajstić information content (AvgIpc) is 2.44. The molecule has 0 saturated carbocycles. The van der Waals surface area contributed by atoms with Gasteiger partial charge in [-0.3, -0.25) is 9.89 Å². The first-order valence-corrected chi connectivity index (χ1v) is 4.56. The van der Waals surface area contributed by atoms with Crippen LogP contribution in [-0.4, -0.2) is 16.1 Å². The van der Waals surface area contributed by atoms with Gasteiger partial charge in [-0.15, -0.1) is 0 Å². The van der Waals surface area contributed by atoms with E-state index in [2.05, 4.69) is 15.5 Å². The zero-order chi connectivity index (χ0) is 10.6. The maximum Gasteiger partial charge on any atom is 0.243 e. The highest BCUT2D eigenvalue weighted by atomic mass is 16.1. The first kappa shape index (κ1) is 10.5. The van der Waals surface area contributed by atoms with Gasteiger partial charge in [0.25, 0.3) is 0 Å². The molecule has 0 saturated heterocycles. The number of carbonyl (C=O) groups excluding carboxylic acids is 1. The van der Waals surface area contributed by atoms with Crippen LogP contribution >= 0.6 is 0 Å². The van der Waals surface area contributed by atoms with Crippen LogP contribution in [0.5, 0.6) is 0 Å². The smallest absolute Gasteiger partial charge is 0.243 e. The number of hydrogen-bond acceptors (Lipinski definition) is 2. The summed E-state index contributed by atoms with van der Waals surface area (Å²) in [5.74, 6) is -0.0764. The Balaban J connectivity index is 2.57. The predicted octanol–water partition coefficient (Wildman–Crippen LogP) is 1.22. The van der Waals surface area contributed by atoms with E-state index in [9.17, 15) is 4.79 Å². The summed E-state index contributed by atoms with van der Waals surface area (Å²) in [6.45, 7) is 6.20. The molecule has 0 aliphatic heterocycles. The molecule has 0 spiro atoms. The third-order valence-electron chi connectivity index (χ3n) is 2.04. The van der Waals surface area contributed by atoms with E-state index in [1.54, 1.807) is 6.08 Å². The van der Waals surface area contributed by atoms with Gasteiger partial charge in [-0.25, -0.2) is 0 Å². The van der Waals surface area contributed by atoms with Crippen LogP contribution in [0.4, 0.5) is 0 Å². The van der Waals surface area contributed by atoms with E-state index in [4.69, 9.17) is 0 Å². The van der Waals surface area contributed by atoms with Gasteiger partial charge in [-0.1, -0.05) is 6.08 Å². The highest BCUT2D eigenvalue weighted by Crippen LogP contribution is 2.07. The van der Waals surface area contributed by atoms with Gasteiger partial charge in [0.1, 0.15) is 0 Å². The molecule has 1 aromatic rings. The standard InChI is InChI=1S/C10H15N3O/c1-4-5-10(14)11-6-9-7(2)12-13-8(9)3/h4-5H,6H2,1-3H3,(H,11,14)(H,12,13)/b5-4+. The van der Waals surface area contributed by atoms with Crippen molar-refractivity contribution in [3.05, 3.63) is 29.1 Å². The lowest BCUT2D eigenvalue weighted by atomic mass is 10.2. The molecule has 0 radical (unpaired) electrons. The first-order valence-electron chi connectivity index (χ1n) is 4.56. The summed E-state index contributed by atoms with van der Waals surface area (Å²) in [6, 6.07) is 0. The monoisotopic (exact) mass is 193 g/mol. The molecule has 2 N–H and O–H groups in total. The fraction of sp³-hybridized carbons (Fsp3) is 0.400. The first-order chi connectivity index (χ1) is 6.65. The minimum absolute atomic E-state index is 0.0764. The fourth-order valence-electron chi connectivity index (χ4n) is 1.22. The van der Waals surface area contributed by atoms with Crippen molar-refractivity contribution >= 4 is 5.91 Å². The molecule has 1 amide bonds. The Labute approximate surface area is 83.4 Å². The number of carbonyl (C=O) groups is 1. The fourth-order valence-corrected chi connectivity index (χ4v) is 1.22. The number of nitrogens with zero attached hydrogens (tertiary/aromatic N) is 1. The highest BCUT2D eigenvalue weighted by molar-refractivity contribution is 5.87. The molecule has 1 aromatic heterocycles. The molecule has 1 rings (SSSR count). The van der Waals surface area contributed by atoms with E-state index >= 15 is 0 Å². The molecular formula is C10H15N3O. The van der Waals surface area contributed by atoms with E-state index < -0.39 is 0 Å². The van der Waals surface area contributed by atoms with Gasteiger partial charge in [-0.05, 0) is 26.8 Å². The summed E-state index contributed by atoms with van der Waals surface area (Å²) in [4.78, 5) is 11.1. The van der Waals surface area contributed by atoms with Gasteiger partial charge in [0, 0.05) is 17.8 Å². The van der Waals surface area contributed by atoms with E-state index in [0.717, 1.165) is 17.0 Å². The van der Waals surface area contributed by atoms with Crippen LogP contribution in [-0.2, 0) is 11.3 Å². The van der Waals surface area contributed by atoms with E-state index in [0.29, 0.717) is 6.54 Å². The average molecular weight is 193 g/mol. The van der Waals surface area contributed by atoms with Gasteiger partial charge in [0.15, 0.2) is 0 Å². The second kappa shape index (κ2) is 4.60. The molecule has 76 valence electrons. The number of nitrogens with one attached hydrogen (secondary N) is 2. The van der Waals surface area contributed by atoms with Crippen LogP contribution in [0.15, 0.2) is 12.2 Å². The van der Waals surface area contributed by atoms with E-state index in [-0.39, 0.29) is 5.91 Å². The number of amides is 1. The Kier molecular flexibility index (Phi) is 3.45. The molecule has 0 aliphatic rings. The summed E-state index contributed by atoms with van der Waals surface area (Å²) in [6.07, 6.45) is 3.22. The Bertz CT molecular complexity index is 333. The number of aryl methyl sites for hydroxylation is 2. The van der Waals surface area contributed by atoms with Crippen LogP contribution in [0, 0.1) is 13.8 Å². The molecule has 4 heteroatoms. The topological polar surface area (TPSA) is 57.8 Å². The van der Waals surface area contributed by atoms with Crippen molar-refractivity contribution in [2.45, 2.75) is 27.3 Å². The second-order valence-electron chi connectivity index (χ2n) is 3.13. The van der Waals surface area contributed by atoms with Gasteiger partial charge in [0.05, 0.1) is 5.69 Å². The normalized spacial score (nSPS) is 10.8. The largest absolute Gasteiger partial charge is 0.348 e.